The van der Waals surface area contributed by atoms with Crippen molar-refractivity contribution in [1.29, 1.82) is 0 Å². The molecular formula is C15H22N4S. The molecule has 0 amide bonds. The lowest BCUT2D eigenvalue weighted by Gasteiger charge is -2.32. The van der Waals surface area contributed by atoms with Gasteiger partial charge in [0.15, 0.2) is 0 Å². The maximum absolute atomic E-state index is 4.42. The van der Waals surface area contributed by atoms with Crippen molar-refractivity contribution in [2.75, 3.05) is 25.0 Å². The maximum atomic E-state index is 4.42. The number of hydrogen-bond donors (Lipinski definition) is 1. The molecule has 0 spiro atoms. The van der Waals surface area contributed by atoms with Crippen molar-refractivity contribution in [3.8, 4) is 0 Å². The molecule has 0 aromatic carbocycles. The molecule has 1 fully saturated rings. The summed E-state index contributed by atoms with van der Waals surface area (Å²) in [7, 11) is 0. The summed E-state index contributed by atoms with van der Waals surface area (Å²) in [5.74, 6) is 1.01. The standard InChI is InChI=1S/C15H22N4S/c1-2-3-7-19-8-4-12(5-9-19)18-15-14-13(6-10-20-14)16-11-17-15/h6,10-12H,2-5,7-9H2,1H3,(H,16,17,18). The van der Waals surface area contributed by atoms with Crippen molar-refractivity contribution in [2.24, 2.45) is 0 Å². The molecule has 0 aliphatic carbocycles. The number of anilines is 1. The van der Waals surface area contributed by atoms with Gasteiger partial charge in [-0.3, -0.25) is 0 Å². The molecule has 5 heteroatoms. The van der Waals surface area contributed by atoms with Gasteiger partial charge in [-0.2, -0.15) is 0 Å². The minimum atomic E-state index is 0.549. The molecule has 20 heavy (non-hydrogen) atoms. The molecular weight excluding hydrogens is 268 g/mol. The second-order valence-corrected chi connectivity index (χ2v) is 6.39. The Morgan fingerprint density at radius 2 is 2.20 bits per heavy atom. The van der Waals surface area contributed by atoms with Gasteiger partial charge in [0, 0.05) is 19.1 Å². The van der Waals surface area contributed by atoms with Crippen LogP contribution in [0.15, 0.2) is 17.8 Å². The molecule has 0 saturated carbocycles. The summed E-state index contributed by atoms with van der Waals surface area (Å²) >= 11 is 1.72. The highest BCUT2D eigenvalue weighted by molar-refractivity contribution is 7.17. The first-order valence-electron chi connectivity index (χ1n) is 7.54. The normalized spacial score (nSPS) is 17.6. The molecule has 4 nitrogen and oxygen atoms in total. The van der Waals surface area contributed by atoms with E-state index >= 15 is 0 Å². The molecule has 1 aliphatic heterocycles. The summed E-state index contributed by atoms with van der Waals surface area (Å²) in [6.45, 7) is 5.92. The van der Waals surface area contributed by atoms with Crippen LogP contribution >= 0.6 is 11.3 Å². The molecule has 1 N–H and O–H groups in total. The number of likely N-dealkylation sites (tertiary alicyclic amines) is 1. The number of unbranched alkanes of at least 4 members (excludes halogenated alkanes) is 1. The molecule has 0 bridgehead atoms. The van der Waals surface area contributed by atoms with Gasteiger partial charge in [0.25, 0.3) is 0 Å². The van der Waals surface area contributed by atoms with Gasteiger partial charge in [-0.1, -0.05) is 13.3 Å². The van der Waals surface area contributed by atoms with Crippen molar-refractivity contribution in [3.05, 3.63) is 17.8 Å². The Balaban J connectivity index is 1.58. The maximum Gasteiger partial charge on any atom is 0.147 e. The van der Waals surface area contributed by atoms with Gasteiger partial charge in [0.1, 0.15) is 12.1 Å². The fourth-order valence-corrected chi connectivity index (χ4v) is 3.57. The Morgan fingerprint density at radius 1 is 1.35 bits per heavy atom. The zero-order valence-corrected chi connectivity index (χ0v) is 12.8. The Morgan fingerprint density at radius 3 is 3.00 bits per heavy atom. The van der Waals surface area contributed by atoms with Crippen LogP contribution < -0.4 is 5.32 Å². The van der Waals surface area contributed by atoms with E-state index in [0.717, 1.165) is 11.3 Å². The molecule has 0 unspecified atom stereocenters. The first-order valence-corrected chi connectivity index (χ1v) is 8.42. The quantitative estimate of drug-likeness (QED) is 0.916. The largest absolute Gasteiger partial charge is 0.366 e. The first-order chi connectivity index (χ1) is 9.86. The third-order valence-electron chi connectivity index (χ3n) is 4.00. The summed E-state index contributed by atoms with van der Waals surface area (Å²) < 4.78 is 1.18. The number of nitrogens with one attached hydrogen (secondary N) is 1. The van der Waals surface area contributed by atoms with Gasteiger partial charge in [-0.05, 0) is 37.3 Å². The van der Waals surface area contributed by atoms with Crippen molar-refractivity contribution in [2.45, 2.75) is 38.6 Å². The van der Waals surface area contributed by atoms with E-state index in [4.69, 9.17) is 0 Å². The molecule has 0 radical (unpaired) electrons. The van der Waals surface area contributed by atoms with Gasteiger partial charge < -0.3 is 10.2 Å². The van der Waals surface area contributed by atoms with Crippen LogP contribution in [-0.2, 0) is 0 Å². The Kier molecular flexibility index (Phi) is 4.47. The summed E-state index contributed by atoms with van der Waals surface area (Å²) in [6, 6.07) is 2.60. The van der Waals surface area contributed by atoms with Crippen LogP contribution in [0.3, 0.4) is 0 Å². The molecule has 3 rings (SSSR count). The fraction of sp³-hybridized carbons (Fsp3) is 0.600. The number of aromatic nitrogens is 2. The lowest BCUT2D eigenvalue weighted by atomic mass is 10.0. The van der Waals surface area contributed by atoms with E-state index in [1.165, 1.54) is 50.0 Å². The zero-order chi connectivity index (χ0) is 13.8. The highest BCUT2D eigenvalue weighted by Crippen LogP contribution is 2.26. The predicted octanol–water partition coefficient (Wildman–Crippen LogP) is 3.37. The third kappa shape index (κ3) is 3.10. The van der Waals surface area contributed by atoms with E-state index in [9.17, 15) is 0 Å². The average molecular weight is 290 g/mol. The number of fused-ring (bicyclic) bond motifs is 1. The van der Waals surface area contributed by atoms with Crippen molar-refractivity contribution in [1.82, 2.24) is 14.9 Å². The summed E-state index contributed by atoms with van der Waals surface area (Å²) in [5, 5.41) is 5.70. The Labute approximate surface area is 124 Å². The molecule has 1 saturated heterocycles. The van der Waals surface area contributed by atoms with E-state index in [1.807, 2.05) is 0 Å². The molecule has 2 aromatic heterocycles. The van der Waals surface area contributed by atoms with Crippen LogP contribution in [-0.4, -0.2) is 40.5 Å². The van der Waals surface area contributed by atoms with Crippen LogP contribution in [0.5, 0.6) is 0 Å². The third-order valence-corrected chi connectivity index (χ3v) is 4.91. The van der Waals surface area contributed by atoms with Gasteiger partial charge >= 0.3 is 0 Å². The second kappa shape index (κ2) is 6.50. The molecule has 1 aliphatic rings. The average Bonchev–Trinajstić information content (AvgIpc) is 2.96. The monoisotopic (exact) mass is 290 g/mol. The smallest absolute Gasteiger partial charge is 0.147 e. The minimum absolute atomic E-state index is 0.549. The van der Waals surface area contributed by atoms with Gasteiger partial charge in [0.2, 0.25) is 0 Å². The minimum Gasteiger partial charge on any atom is -0.366 e. The summed E-state index contributed by atoms with van der Waals surface area (Å²) in [6.07, 6.45) is 6.68. The van der Waals surface area contributed by atoms with E-state index in [0.29, 0.717) is 6.04 Å². The summed E-state index contributed by atoms with van der Waals surface area (Å²) in [4.78, 5) is 11.3. The van der Waals surface area contributed by atoms with E-state index < -0.39 is 0 Å². The van der Waals surface area contributed by atoms with E-state index in [1.54, 1.807) is 17.7 Å². The Hall–Kier alpha value is -1.20. The molecule has 108 valence electrons. The van der Waals surface area contributed by atoms with Crippen molar-refractivity contribution < 1.29 is 0 Å². The van der Waals surface area contributed by atoms with Crippen LogP contribution in [0.2, 0.25) is 0 Å². The number of piperidine rings is 1. The zero-order valence-electron chi connectivity index (χ0n) is 12.0. The van der Waals surface area contributed by atoms with Crippen LogP contribution in [0, 0.1) is 0 Å². The van der Waals surface area contributed by atoms with E-state index in [2.05, 4.69) is 38.6 Å². The fourth-order valence-electron chi connectivity index (χ4n) is 2.77. The molecule has 3 heterocycles. The molecule has 0 atom stereocenters. The first kappa shape index (κ1) is 13.8. The van der Waals surface area contributed by atoms with Crippen molar-refractivity contribution >= 4 is 27.4 Å². The van der Waals surface area contributed by atoms with Crippen LogP contribution in [0.4, 0.5) is 5.82 Å². The number of hydrogen-bond acceptors (Lipinski definition) is 5. The van der Waals surface area contributed by atoms with Gasteiger partial charge in [-0.25, -0.2) is 9.97 Å². The van der Waals surface area contributed by atoms with Crippen molar-refractivity contribution in [3.63, 3.8) is 0 Å². The lowest BCUT2D eigenvalue weighted by molar-refractivity contribution is 0.216. The highest BCUT2D eigenvalue weighted by Gasteiger charge is 2.19. The van der Waals surface area contributed by atoms with Gasteiger partial charge in [0.05, 0.1) is 10.2 Å². The second-order valence-electron chi connectivity index (χ2n) is 5.47. The van der Waals surface area contributed by atoms with Crippen LogP contribution in [0.1, 0.15) is 32.6 Å². The topological polar surface area (TPSA) is 41.0 Å². The number of rotatable bonds is 5. The predicted molar refractivity (Wildman–Crippen MR) is 85.4 cm³/mol. The van der Waals surface area contributed by atoms with E-state index in [-0.39, 0.29) is 0 Å². The number of nitrogens with zero attached hydrogens (tertiary/aromatic N) is 3. The molecule has 2 aromatic rings. The lowest BCUT2D eigenvalue weighted by Crippen LogP contribution is -2.39. The highest BCUT2D eigenvalue weighted by atomic mass is 32.1. The SMILES string of the molecule is CCCCN1CCC(Nc2ncnc3ccsc23)CC1. The summed E-state index contributed by atoms with van der Waals surface area (Å²) in [5.41, 5.74) is 1.05. The number of thiophene rings is 1. The van der Waals surface area contributed by atoms with Gasteiger partial charge in [-0.15, -0.1) is 11.3 Å². The Bertz CT molecular complexity index is 546. The van der Waals surface area contributed by atoms with Crippen LogP contribution in [0.25, 0.3) is 10.2 Å².